The minimum Gasteiger partial charge on any atom is -0.481 e. The topological polar surface area (TPSA) is 42.2 Å². The lowest BCUT2D eigenvalue weighted by atomic mass is 9.93. The Morgan fingerprint density at radius 1 is 1.47 bits per heavy atom. The van der Waals surface area contributed by atoms with E-state index in [-0.39, 0.29) is 0 Å². The maximum absolute atomic E-state index is 11.4. The van der Waals surface area contributed by atoms with Crippen molar-refractivity contribution in [3.8, 4) is 0 Å². The van der Waals surface area contributed by atoms with Crippen LogP contribution in [0.25, 0.3) is 10.9 Å². The van der Waals surface area contributed by atoms with Crippen molar-refractivity contribution in [2.75, 3.05) is 0 Å². The number of aromatic nitrogens is 1. The molecule has 0 radical (unpaired) electrons. The standard InChI is InChI=1S/C13H12ClNO2/c1-15-7-9(14)11-8(3-2-4-10(11)15)13(5-6-13)12(16)17/h2-4,7H,5-6H2,1H3,(H,16,17). The van der Waals surface area contributed by atoms with E-state index in [0.717, 1.165) is 16.5 Å². The minimum atomic E-state index is -0.745. The van der Waals surface area contributed by atoms with E-state index in [9.17, 15) is 9.90 Å². The molecule has 0 spiro atoms. The number of nitrogens with zero attached hydrogens (tertiary/aromatic N) is 1. The highest BCUT2D eigenvalue weighted by molar-refractivity contribution is 6.36. The lowest BCUT2D eigenvalue weighted by molar-refractivity contribution is -0.139. The van der Waals surface area contributed by atoms with Gasteiger partial charge in [0, 0.05) is 24.1 Å². The van der Waals surface area contributed by atoms with Crippen molar-refractivity contribution >= 4 is 28.5 Å². The first kappa shape index (κ1) is 10.7. The first-order valence-electron chi connectivity index (χ1n) is 5.54. The number of aryl methyl sites for hydroxylation is 1. The van der Waals surface area contributed by atoms with Gasteiger partial charge in [0.2, 0.25) is 0 Å². The molecule has 0 atom stereocenters. The van der Waals surface area contributed by atoms with E-state index < -0.39 is 11.4 Å². The van der Waals surface area contributed by atoms with Crippen LogP contribution in [0.3, 0.4) is 0 Å². The van der Waals surface area contributed by atoms with E-state index in [4.69, 9.17) is 11.6 Å². The van der Waals surface area contributed by atoms with E-state index in [1.807, 2.05) is 36.0 Å². The van der Waals surface area contributed by atoms with Gasteiger partial charge in [-0.05, 0) is 24.5 Å². The van der Waals surface area contributed by atoms with Crippen LogP contribution in [0, 0.1) is 0 Å². The Morgan fingerprint density at radius 2 is 2.18 bits per heavy atom. The van der Waals surface area contributed by atoms with Gasteiger partial charge in [-0.15, -0.1) is 0 Å². The Balaban J connectivity index is 2.34. The van der Waals surface area contributed by atoms with Crippen molar-refractivity contribution in [1.29, 1.82) is 0 Å². The van der Waals surface area contributed by atoms with Crippen LogP contribution in [0.15, 0.2) is 24.4 Å². The molecule has 0 bridgehead atoms. The summed E-state index contributed by atoms with van der Waals surface area (Å²) in [6.07, 6.45) is 3.23. The van der Waals surface area contributed by atoms with Crippen LogP contribution in [0.2, 0.25) is 5.02 Å². The molecule has 4 heteroatoms. The molecule has 1 fully saturated rings. The number of halogens is 1. The molecule has 1 aliphatic carbocycles. The summed E-state index contributed by atoms with van der Waals surface area (Å²) in [5.41, 5.74) is 1.14. The average Bonchev–Trinajstić information content (AvgIpc) is 3.04. The molecule has 0 unspecified atom stereocenters. The van der Waals surface area contributed by atoms with Gasteiger partial charge in [-0.2, -0.15) is 0 Å². The maximum atomic E-state index is 11.4. The molecule has 3 nitrogen and oxygen atoms in total. The summed E-state index contributed by atoms with van der Waals surface area (Å²) in [6, 6.07) is 5.75. The van der Waals surface area contributed by atoms with Gasteiger partial charge in [-0.1, -0.05) is 23.7 Å². The number of rotatable bonds is 2. The molecule has 0 aliphatic heterocycles. The molecule has 1 aliphatic rings. The van der Waals surface area contributed by atoms with Gasteiger partial charge in [-0.3, -0.25) is 4.79 Å². The third-order valence-corrected chi connectivity index (χ3v) is 3.93. The molecule has 88 valence electrons. The summed E-state index contributed by atoms with van der Waals surface area (Å²) in [5, 5.41) is 10.9. The predicted molar refractivity (Wildman–Crippen MR) is 66.5 cm³/mol. The molecule has 0 saturated heterocycles. The molecule has 1 aromatic heterocycles. The fraction of sp³-hybridized carbons (Fsp3) is 0.308. The Hall–Kier alpha value is -1.48. The molecule has 17 heavy (non-hydrogen) atoms. The average molecular weight is 250 g/mol. The molecule has 1 aromatic carbocycles. The number of hydrogen-bond acceptors (Lipinski definition) is 1. The largest absolute Gasteiger partial charge is 0.481 e. The Morgan fingerprint density at radius 3 is 2.76 bits per heavy atom. The Kier molecular flexibility index (Phi) is 2.05. The van der Waals surface area contributed by atoms with Crippen molar-refractivity contribution in [2.24, 2.45) is 7.05 Å². The summed E-state index contributed by atoms with van der Waals surface area (Å²) in [6.45, 7) is 0. The molecular weight excluding hydrogens is 238 g/mol. The summed E-state index contributed by atoms with van der Waals surface area (Å²) in [5.74, 6) is -0.745. The van der Waals surface area contributed by atoms with Crippen LogP contribution in [-0.4, -0.2) is 15.6 Å². The van der Waals surface area contributed by atoms with Gasteiger partial charge >= 0.3 is 5.97 Å². The van der Waals surface area contributed by atoms with Crippen LogP contribution in [0.1, 0.15) is 18.4 Å². The van der Waals surface area contributed by atoms with Crippen LogP contribution < -0.4 is 0 Å². The lowest BCUT2D eigenvalue weighted by Gasteiger charge is -2.12. The summed E-state index contributed by atoms with van der Waals surface area (Å²) < 4.78 is 1.93. The van der Waals surface area contributed by atoms with Crippen molar-refractivity contribution in [2.45, 2.75) is 18.3 Å². The fourth-order valence-corrected chi connectivity index (χ4v) is 2.86. The quantitative estimate of drug-likeness (QED) is 0.889. The smallest absolute Gasteiger partial charge is 0.314 e. The second-order valence-corrected chi connectivity index (χ2v) is 5.08. The monoisotopic (exact) mass is 249 g/mol. The van der Waals surface area contributed by atoms with E-state index in [1.165, 1.54) is 0 Å². The number of fused-ring (bicyclic) bond motifs is 1. The molecule has 1 saturated carbocycles. The van der Waals surface area contributed by atoms with Gasteiger partial charge in [-0.25, -0.2) is 0 Å². The number of benzene rings is 1. The number of carboxylic acids is 1. The lowest BCUT2D eigenvalue weighted by Crippen LogP contribution is -2.19. The van der Waals surface area contributed by atoms with E-state index in [0.29, 0.717) is 17.9 Å². The van der Waals surface area contributed by atoms with Crippen molar-refractivity contribution < 1.29 is 9.90 Å². The van der Waals surface area contributed by atoms with Gasteiger partial charge < -0.3 is 9.67 Å². The third-order valence-electron chi connectivity index (χ3n) is 3.64. The summed E-state index contributed by atoms with van der Waals surface area (Å²) >= 11 is 6.21. The second-order valence-electron chi connectivity index (χ2n) is 4.67. The molecular formula is C13H12ClNO2. The second kappa shape index (κ2) is 3.26. The van der Waals surface area contributed by atoms with Gasteiger partial charge in [0.15, 0.2) is 0 Å². The number of aliphatic carboxylic acids is 1. The van der Waals surface area contributed by atoms with Crippen LogP contribution in [0.5, 0.6) is 0 Å². The number of hydrogen-bond donors (Lipinski definition) is 1. The zero-order chi connectivity index (χ0) is 12.2. The van der Waals surface area contributed by atoms with Crippen LogP contribution in [-0.2, 0) is 17.3 Å². The molecule has 1 heterocycles. The predicted octanol–water partition coefficient (Wildman–Crippen LogP) is 2.95. The van der Waals surface area contributed by atoms with Gasteiger partial charge in [0.1, 0.15) is 0 Å². The highest BCUT2D eigenvalue weighted by Gasteiger charge is 2.52. The zero-order valence-corrected chi connectivity index (χ0v) is 10.2. The van der Waals surface area contributed by atoms with E-state index in [1.54, 1.807) is 0 Å². The van der Waals surface area contributed by atoms with Gasteiger partial charge in [0.25, 0.3) is 0 Å². The highest BCUT2D eigenvalue weighted by Crippen LogP contribution is 2.51. The molecule has 2 aromatic rings. The first-order valence-corrected chi connectivity index (χ1v) is 5.91. The minimum absolute atomic E-state index is 0.630. The molecule has 3 rings (SSSR count). The van der Waals surface area contributed by atoms with Crippen LogP contribution in [0.4, 0.5) is 0 Å². The third kappa shape index (κ3) is 1.32. The Bertz CT molecular complexity index is 626. The highest BCUT2D eigenvalue weighted by atomic mass is 35.5. The molecule has 1 N–H and O–H groups in total. The SMILES string of the molecule is Cn1cc(Cl)c2c(C3(C(=O)O)CC3)cccc21. The summed E-state index contributed by atoms with van der Waals surface area (Å²) in [4.78, 5) is 11.4. The van der Waals surface area contributed by atoms with Crippen molar-refractivity contribution in [3.63, 3.8) is 0 Å². The molecule has 0 amide bonds. The van der Waals surface area contributed by atoms with Crippen molar-refractivity contribution in [1.82, 2.24) is 4.57 Å². The van der Waals surface area contributed by atoms with Crippen LogP contribution >= 0.6 is 11.6 Å². The van der Waals surface area contributed by atoms with E-state index in [2.05, 4.69) is 0 Å². The number of carbonyl (C=O) groups is 1. The normalized spacial score (nSPS) is 17.3. The van der Waals surface area contributed by atoms with Crippen molar-refractivity contribution in [3.05, 3.63) is 35.0 Å². The maximum Gasteiger partial charge on any atom is 0.314 e. The zero-order valence-electron chi connectivity index (χ0n) is 9.40. The number of carboxylic acid groups (broad SMARTS) is 1. The first-order chi connectivity index (χ1) is 8.06. The van der Waals surface area contributed by atoms with E-state index >= 15 is 0 Å². The summed E-state index contributed by atoms with van der Waals surface area (Å²) in [7, 11) is 1.92. The fourth-order valence-electron chi connectivity index (χ4n) is 2.51. The Labute approximate surface area is 104 Å². The van der Waals surface area contributed by atoms with Gasteiger partial charge in [0.05, 0.1) is 10.4 Å².